The Hall–Kier alpha value is -0.690. The standard InChI is InChI=1S/C11H15ClN2O2S2/c1-7(2)10(11(13)17)14-18(15,16)9-5-3-8(12)4-6-9/h3-7,10,14H,1-2H3,(H2,13,17). The Bertz CT molecular complexity index is 526. The molecule has 0 saturated carbocycles. The summed E-state index contributed by atoms with van der Waals surface area (Å²) < 4.78 is 26.7. The van der Waals surface area contributed by atoms with Gasteiger partial charge in [0.05, 0.1) is 15.9 Å². The lowest BCUT2D eigenvalue weighted by Gasteiger charge is -2.20. The monoisotopic (exact) mass is 306 g/mol. The molecular formula is C11H15ClN2O2S2. The molecule has 0 radical (unpaired) electrons. The van der Waals surface area contributed by atoms with Crippen molar-refractivity contribution in [3.8, 4) is 0 Å². The maximum Gasteiger partial charge on any atom is 0.241 e. The van der Waals surface area contributed by atoms with Gasteiger partial charge in [0.15, 0.2) is 0 Å². The molecule has 1 rings (SSSR count). The average molecular weight is 307 g/mol. The van der Waals surface area contributed by atoms with Crippen LogP contribution in [0.3, 0.4) is 0 Å². The van der Waals surface area contributed by atoms with E-state index >= 15 is 0 Å². The van der Waals surface area contributed by atoms with Crippen LogP contribution in [0.1, 0.15) is 13.8 Å². The van der Waals surface area contributed by atoms with Crippen molar-refractivity contribution < 1.29 is 8.42 Å². The first-order chi connectivity index (χ1) is 8.24. The highest BCUT2D eigenvalue weighted by Gasteiger charge is 2.24. The summed E-state index contributed by atoms with van der Waals surface area (Å²) in [7, 11) is -3.64. The number of benzene rings is 1. The molecule has 0 heterocycles. The minimum absolute atomic E-state index is 0.0235. The van der Waals surface area contributed by atoms with E-state index in [0.29, 0.717) is 5.02 Å². The van der Waals surface area contributed by atoms with Gasteiger partial charge in [-0.05, 0) is 30.2 Å². The normalized spacial score (nSPS) is 13.6. The van der Waals surface area contributed by atoms with E-state index in [9.17, 15) is 8.42 Å². The van der Waals surface area contributed by atoms with Crippen LogP contribution in [0.15, 0.2) is 29.2 Å². The Morgan fingerprint density at radius 3 is 2.22 bits per heavy atom. The number of hydrogen-bond donors (Lipinski definition) is 2. The molecule has 0 spiro atoms. The van der Waals surface area contributed by atoms with E-state index in [1.807, 2.05) is 13.8 Å². The Kier molecular flexibility index (Phi) is 5.10. The number of rotatable bonds is 5. The minimum Gasteiger partial charge on any atom is -0.392 e. The molecule has 1 aromatic rings. The maximum atomic E-state index is 12.1. The van der Waals surface area contributed by atoms with E-state index < -0.39 is 16.1 Å². The van der Waals surface area contributed by atoms with Crippen molar-refractivity contribution in [2.24, 2.45) is 11.7 Å². The molecule has 0 aromatic heterocycles. The molecule has 0 saturated heterocycles. The van der Waals surface area contributed by atoms with Crippen LogP contribution in [-0.2, 0) is 10.0 Å². The summed E-state index contributed by atoms with van der Waals surface area (Å²) >= 11 is 10.6. The molecular weight excluding hydrogens is 292 g/mol. The van der Waals surface area contributed by atoms with Crippen LogP contribution in [0.25, 0.3) is 0 Å². The molecule has 0 aliphatic carbocycles. The topological polar surface area (TPSA) is 72.2 Å². The third-order valence-electron chi connectivity index (χ3n) is 2.38. The molecule has 0 bridgehead atoms. The predicted octanol–water partition coefficient (Wildman–Crippen LogP) is 1.93. The molecule has 0 aliphatic heterocycles. The first kappa shape index (κ1) is 15.4. The van der Waals surface area contributed by atoms with Crippen LogP contribution in [0.5, 0.6) is 0 Å². The Balaban J connectivity index is 3.01. The summed E-state index contributed by atoms with van der Waals surface area (Å²) in [4.78, 5) is 0.260. The van der Waals surface area contributed by atoms with Crippen LogP contribution < -0.4 is 10.5 Å². The lowest BCUT2D eigenvalue weighted by Crippen LogP contribution is -2.46. The molecule has 1 atom stereocenters. The zero-order valence-electron chi connectivity index (χ0n) is 10.1. The summed E-state index contributed by atoms with van der Waals surface area (Å²) in [6.45, 7) is 3.68. The molecule has 0 amide bonds. The fraction of sp³-hybridized carbons (Fsp3) is 0.364. The Morgan fingerprint density at radius 1 is 1.33 bits per heavy atom. The zero-order valence-corrected chi connectivity index (χ0v) is 12.4. The third-order valence-corrected chi connectivity index (χ3v) is 4.34. The molecule has 7 heteroatoms. The van der Waals surface area contributed by atoms with E-state index in [-0.39, 0.29) is 15.8 Å². The number of halogens is 1. The highest BCUT2D eigenvalue weighted by atomic mass is 35.5. The Morgan fingerprint density at radius 2 is 1.83 bits per heavy atom. The fourth-order valence-electron chi connectivity index (χ4n) is 1.37. The molecule has 1 aromatic carbocycles. The fourth-order valence-corrected chi connectivity index (χ4v) is 3.27. The van der Waals surface area contributed by atoms with E-state index in [0.717, 1.165) is 0 Å². The highest BCUT2D eigenvalue weighted by molar-refractivity contribution is 7.89. The quantitative estimate of drug-likeness (QED) is 0.815. The minimum atomic E-state index is -3.64. The molecule has 4 nitrogen and oxygen atoms in total. The van der Waals surface area contributed by atoms with Crippen molar-refractivity contribution in [3.05, 3.63) is 29.3 Å². The molecule has 18 heavy (non-hydrogen) atoms. The van der Waals surface area contributed by atoms with Gasteiger partial charge in [0.25, 0.3) is 0 Å². The SMILES string of the molecule is CC(C)C(NS(=O)(=O)c1ccc(Cl)cc1)C(N)=S. The predicted molar refractivity (Wildman–Crippen MR) is 77.2 cm³/mol. The van der Waals surface area contributed by atoms with Crippen LogP contribution in [-0.4, -0.2) is 19.4 Å². The summed E-state index contributed by atoms with van der Waals surface area (Å²) in [6.07, 6.45) is 0. The van der Waals surface area contributed by atoms with Gasteiger partial charge in [-0.1, -0.05) is 37.7 Å². The van der Waals surface area contributed by atoms with Crippen LogP contribution in [0, 0.1) is 5.92 Å². The molecule has 1 unspecified atom stereocenters. The number of nitrogens with one attached hydrogen (secondary N) is 1. The van der Waals surface area contributed by atoms with Crippen LogP contribution in [0.4, 0.5) is 0 Å². The molecule has 3 N–H and O–H groups in total. The van der Waals surface area contributed by atoms with Gasteiger partial charge in [-0.2, -0.15) is 0 Å². The van der Waals surface area contributed by atoms with Gasteiger partial charge in [0.2, 0.25) is 10.0 Å². The van der Waals surface area contributed by atoms with Crippen LogP contribution >= 0.6 is 23.8 Å². The van der Waals surface area contributed by atoms with Crippen molar-refractivity contribution in [1.82, 2.24) is 4.72 Å². The molecule has 0 aliphatic rings. The largest absolute Gasteiger partial charge is 0.392 e. The Labute approximate surface area is 118 Å². The lowest BCUT2D eigenvalue weighted by atomic mass is 10.1. The number of nitrogens with two attached hydrogens (primary N) is 1. The number of sulfonamides is 1. The summed E-state index contributed by atoms with van der Waals surface area (Å²) in [5, 5.41) is 0.476. The second-order valence-electron chi connectivity index (χ2n) is 4.20. The van der Waals surface area contributed by atoms with E-state index in [4.69, 9.17) is 29.6 Å². The van der Waals surface area contributed by atoms with Gasteiger partial charge in [0, 0.05) is 5.02 Å². The smallest absolute Gasteiger partial charge is 0.241 e. The zero-order chi connectivity index (χ0) is 13.9. The number of thiocarbonyl (C=S) groups is 1. The average Bonchev–Trinajstić information content (AvgIpc) is 2.26. The van der Waals surface area contributed by atoms with Gasteiger partial charge in [-0.15, -0.1) is 0 Å². The summed E-state index contributed by atoms with van der Waals surface area (Å²) in [6, 6.07) is 5.33. The van der Waals surface area contributed by atoms with Gasteiger partial charge in [-0.3, -0.25) is 0 Å². The van der Waals surface area contributed by atoms with Gasteiger partial charge < -0.3 is 5.73 Å². The van der Waals surface area contributed by atoms with E-state index in [1.165, 1.54) is 24.3 Å². The van der Waals surface area contributed by atoms with Crippen molar-refractivity contribution in [3.63, 3.8) is 0 Å². The van der Waals surface area contributed by atoms with E-state index in [2.05, 4.69) is 4.72 Å². The van der Waals surface area contributed by atoms with Gasteiger partial charge in [0.1, 0.15) is 0 Å². The second kappa shape index (κ2) is 5.97. The molecule has 0 fully saturated rings. The summed E-state index contributed by atoms with van der Waals surface area (Å²) in [5.74, 6) is -0.0235. The van der Waals surface area contributed by atoms with Gasteiger partial charge in [-0.25, -0.2) is 13.1 Å². The highest BCUT2D eigenvalue weighted by Crippen LogP contribution is 2.15. The number of hydrogen-bond acceptors (Lipinski definition) is 3. The van der Waals surface area contributed by atoms with Crippen molar-refractivity contribution >= 4 is 38.8 Å². The molecule has 100 valence electrons. The maximum absolute atomic E-state index is 12.1. The first-order valence-electron chi connectivity index (χ1n) is 5.31. The van der Waals surface area contributed by atoms with Gasteiger partial charge >= 0.3 is 0 Å². The lowest BCUT2D eigenvalue weighted by molar-refractivity contribution is 0.526. The van der Waals surface area contributed by atoms with Crippen molar-refractivity contribution in [2.75, 3.05) is 0 Å². The van der Waals surface area contributed by atoms with Crippen molar-refractivity contribution in [1.29, 1.82) is 0 Å². The summed E-state index contributed by atoms with van der Waals surface area (Å²) in [5.41, 5.74) is 5.53. The van der Waals surface area contributed by atoms with Crippen molar-refractivity contribution in [2.45, 2.75) is 24.8 Å². The van der Waals surface area contributed by atoms with E-state index in [1.54, 1.807) is 0 Å². The third kappa shape index (κ3) is 3.91. The second-order valence-corrected chi connectivity index (χ2v) is 6.82. The first-order valence-corrected chi connectivity index (χ1v) is 7.58. The van der Waals surface area contributed by atoms with Crippen LogP contribution in [0.2, 0.25) is 5.02 Å².